The highest BCUT2D eigenvalue weighted by atomic mass is 16.1. The van der Waals surface area contributed by atoms with Gasteiger partial charge in [-0.1, -0.05) is 30.3 Å². The number of hydrogen-bond acceptors (Lipinski definition) is 3. The molecule has 22 heavy (non-hydrogen) atoms. The lowest BCUT2D eigenvalue weighted by Gasteiger charge is -2.17. The molecule has 0 N–H and O–H groups in total. The van der Waals surface area contributed by atoms with Crippen LogP contribution < -0.4 is 4.90 Å². The molecule has 0 atom stereocenters. The maximum atomic E-state index is 12.4. The minimum Gasteiger partial charge on any atom is -0.378 e. The Morgan fingerprint density at radius 1 is 1.00 bits per heavy atom. The number of carbonyl (C=O) groups excluding carboxylic acids is 1. The lowest BCUT2D eigenvalue weighted by molar-refractivity contribution is 0.0981. The monoisotopic (exact) mass is 292 g/mol. The number of ketones is 1. The second-order valence-electron chi connectivity index (χ2n) is 5.80. The molecule has 1 heterocycles. The highest BCUT2D eigenvalue weighted by Gasteiger charge is 2.17. The van der Waals surface area contributed by atoms with Gasteiger partial charge in [0.1, 0.15) is 0 Å². The Morgan fingerprint density at radius 3 is 2.50 bits per heavy atom. The zero-order valence-corrected chi connectivity index (χ0v) is 13.0. The number of hydrogen-bond donors (Lipinski definition) is 0. The number of benzene rings is 2. The number of fused-ring (bicyclic) bond motifs is 1. The fourth-order valence-electron chi connectivity index (χ4n) is 2.71. The molecule has 0 bridgehead atoms. The Hall–Kier alpha value is -2.42. The fourth-order valence-corrected chi connectivity index (χ4v) is 2.71. The average molecular weight is 292 g/mol. The van der Waals surface area contributed by atoms with Gasteiger partial charge in [0.05, 0.1) is 5.69 Å². The van der Waals surface area contributed by atoms with Crippen LogP contribution in [0, 0.1) is 0 Å². The van der Waals surface area contributed by atoms with Crippen molar-refractivity contribution >= 4 is 22.9 Å². The SMILES string of the molecule is CN(C)c1ccc2c(c1)C(=O)CCCC(c1ccccc1)=N2. The summed E-state index contributed by atoms with van der Waals surface area (Å²) in [6, 6.07) is 16.1. The topological polar surface area (TPSA) is 32.7 Å². The van der Waals surface area contributed by atoms with Gasteiger partial charge in [-0.05, 0) is 36.6 Å². The number of rotatable bonds is 2. The van der Waals surface area contributed by atoms with E-state index in [0.29, 0.717) is 6.42 Å². The first-order valence-electron chi connectivity index (χ1n) is 7.63. The highest BCUT2D eigenvalue weighted by Crippen LogP contribution is 2.29. The number of anilines is 1. The van der Waals surface area contributed by atoms with Crippen LogP contribution in [-0.4, -0.2) is 25.6 Å². The molecular formula is C19H20N2O. The summed E-state index contributed by atoms with van der Waals surface area (Å²) in [7, 11) is 3.96. The Bertz CT molecular complexity index is 717. The lowest BCUT2D eigenvalue weighted by Crippen LogP contribution is -2.12. The van der Waals surface area contributed by atoms with Crippen molar-refractivity contribution in [3.05, 3.63) is 59.7 Å². The van der Waals surface area contributed by atoms with Gasteiger partial charge in [-0.2, -0.15) is 0 Å². The van der Waals surface area contributed by atoms with Crippen molar-refractivity contribution in [1.82, 2.24) is 0 Å². The maximum Gasteiger partial charge on any atom is 0.165 e. The van der Waals surface area contributed by atoms with Crippen molar-refractivity contribution in [2.75, 3.05) is 19.0 Å². The van der Waals surface area contributed by atoms with E-state index in [2.05, 4.69) is 12.1 Å². The number of carbonyl (C=O) groups is 1. The molecule has 112 valence electrons. The summed E-state index contributed by atoms with van der Waals surface area (Å²) in [6.07, 6.45) is 2.26. The van der Waals surface area contributed by atoms with Crippen molar-refractivity contribution < 1.29 is 4.79 Å². The van der Waals surface area contributed by atoms with E-state index in [1.165, 1.54) is 0 Å². The third-order valence-electron chi connectivity index (χ3n) is 3.98. The van der Waals surface area contributed by atoms with E-state index in [0.717, 1.165) is 41.1 Å². The van der Waals surface area contributed by atoms with Gasteiger partial charge in [0, 0.05) is 37.5 Å². The molecule has 0 saturated carbocycles. The van der Waals surface area contributed by atoms with Gasteiger partial charge in [-0.3, -0.25) is 9.79 Å². The first-order valence-corrected chi connectivity index (χ1v) is 7.63. The molecule has 1 aliphatic rings. The summed E-state index contributed by atoms with van der Waals surface area (Å²) < 4.78 is 0. The van der Waals surface area contributed by atoms with E-state index in [4.69, 9.17) is 4.99 Å². The van der Waals surface area contributed by atoms with Gasteiger partial charge in [-0.25, -0.2) is 0 Å². The van der Waals surface area contributed by atoms with Gasteiger partial charge in [0.15, 0.2) is 5.78 Å². The van der Waals surface area contributed by atoms with E-state index in [1.807, 2.05) is 55.4 Å². The Balaban J connectivity index is 2.10. The molecule has 2 aromatic carbocycles. The van der Waals surface area contributed by atoms with Crippen LogP contribution in [0.5, 0.6) is 0 Å². The van der Waals surface area contributed by atoms with E-state index >= 15 is 0 Å². The Morgan fingerprint density at radius 2 is 1.77 bits per heavy atom. The van der Waals surface area contributed by atoms with Gasteiger partial charge < -0.3 is 4.90 Å². The molecule has 0 amide bonds. The van der Waals surface area contributed by atoms with Crippen molar-refractivity contribution in [3.8, 4) is 0 Å². The average Bonchev–Trinajstić information content (AvgIpc) is 2.52. The second-order valence-corrected chi connectivity index (χ2v) is 5.80. The Labute approximate surface area is 131 Å². The standard InChI is InChI=1S/C19H20N2O/c1-21(2)15-11-12-18-16(13-15)19(22)10-6-9-17(20-18)14-7-4-3-5-8-14/h3-5,7-8,11-13H,6,9-10H2,1-2H3. The van der Waals surface area contributed by atoms with E-state index < -0.39 is 0 Å². The lowest BCUT2D eigenvalue weighted by atomic mass is 9.97. The van der Waals surface area contributed by atoms with Crippen molar-refractivity contribution in [1.29, 1.82) is 0 Å². The number of nitrogens with zero attached hydrogens (tertiary/aromatic N) is 2. The second kappa shape index (κ2) is 6.14. The molecule has 2 aromatic rings. The zero-order chi connectivity index (χ0) is 15.5. The third kappa shape index (κ3) is 2.93. The summed E-state index contributed by atoms with van der Waals surface area (Å²) in [6.45, 7) is 0. The van der Waals surface area contributed by atoms with Crippen LogP contribution in [0.25, 0.3) is 0 Å². The molecule has 0 aliphatic carbocycles. The zero-order valence-electron chi connectivity index (χ0n) is 13.0. The molecule has 0 saturated heterocycles. The third-order valence-corrected chi connectivity index (χ3v) is 3.98. The first-order chi connectivity index (χ1) is 10.6. The maximum absolute atomic E-state index is 12.4. The minimum absolute atomic E-state index is 0.189. The largest absolute Gasteiger partial charge is 0.378 e. The minimum atomic E-state index is 0.189. The predicted octanol–water partition coefficient (Wildman–Crippen LogP) is 4.24. The van der Waals surface area contributed by atoms with Crippen LogP contribution in [0.1, 0.15) is 35.2 Å². The van der Waals surface area contributed by atoms with Crippen molar-refractivity contribution in [2.24, 2.45) is 4.99 Å². The molecule has 0 radical (unpaired) electrons. The smallest absolute Gasteiger partial charge is 0.165 e. The summed E-state index contributed by atoms with van der Waals surface area (Å²) >= 11 is 0. The molecule has 0 fully saturated rings. The van der Waals surface area contributed by atoms with E-state index in [-0.39, 0.29) is 5.78 Å². The van der Waals surface area contributed by atoms with Crippen molar-refractivity contribution in [3.63, 3.8) is 0 Å². The van der Waals surface area contributed by atoms with Crippen LogP contribution in [-0.2, 0) is 0 Å². The molecule has 3 nitrogen and oxygen atoms in total. The van der Waals surface area contributed by atoms with E-state index in [1.54, 1.807) is 0 Å². The van der Waals surface area contributed by atoms with Crippen LogP contribution in [0.2, 0.25) is 0 Å². The summed E-state index contributed by atoms with van der Waals surface area (Å²) in [5.41, 5.74) is 4.75. The quantitative estimate of drug-likeness (QED) is 0.829. The van der Waals surface area contributed by atoms with Gasteiger partial charge in [0.25, 0.3) is 0 Å². The fraction of sp³-hybridized carbons (Fsp3) is 0.263. The van der Waals surface area contributed by atoms with E-state index in [9.17, 15) is 4.79 Å². The van der Waals surface area contributed by atoms with Crippen molar-refractivity contribution in [2.45, 2.75) is 19.3 Å². The summed E-state index contributed by atoms with van der Waals surface area (Å²) in [5, 5.41) is 0. The normalized spacial score (nSPS) is 14.6. The Kier molecular flexibility index (Phi) is 4.05. The molecule has 3 heteroatoms. The number of Topliss-reactive ketones (excluding diaryl/α,β-unsaturated/α-hetero) is 1. The highest BCUT2D eigenvalue weighted by molar-refractivity contribution is 6.07. The number of aliphatic imine (C=N–C) groups is 1. The molecule has 0 spiro atoms. The van der Waals surface area contributed by atoms with Crippen LogP contribution in [0.4, 0.5) is 11.4 Å². The molecular weight excluding hydrogens is 272 g/mol. The summed E-state index contributed by atoms with van der Waals surface area (Å²) in [4.78, 5) is 19.2. The summed E-state index contributed by atoms with van der Waals surface area (Å²) in [5.74, 6) is 0.189. The van der Waals surface area contributed by atoms with Gasteiger partial charge in [-0.15, -0.1) is 0 Å². The van der Waals surface area contributed by atoms with Crippen LogP contribution >= 0.6 is 0 Å². The predicted molar refractivity (Wildman–Crippen MR) is 91.6 cm³/mol. The molecule has 0 unspecified atom stereocenters. The van der Waals surface area contributed by atoms with Gasteiger partial charge >= 0.3 is 0 Å². The first kappa shape index (κ1) is 14.5. The molecule has 0 aromatic heterocycles. The van der Waals surface area contributed by atoms with Gasteiger partial charge in [0.2, 0.25) is 0 Å². The molecule has 3 rings (SSSR count). The van der Waals surface area contributed by atoms with Crippen LogP contribution in [0.15, 0.2) is 53.5 Å². The molecule has 1 aliphatic heterocycles. The van der Waals surface area contributed by atoms with Crippen LogP contribution in [0.3, 0.4) is 0 Å².